The van der Waals surface area contributed by atoms with Crippen molar-refractivity contribution in [2.45, 2.75) is 240 Å². The van der Waals surface area contributed by atoms with E-state index in [-0.39, 0.29) is 11.8 Å². The molecule has 0 radical (unpaired) electrons. The predicted octanol–water partition coefficient (Wildman–Crippen LogP) is 15.9. The quantitative estimate of drug-likeness (QED) is 0.0178. The van der Waals surface area contributed by atoms with Gasteiger partial charge < -0.3 is 53.4 Å². The van der Waals surface area contributed by atoms with Crippen LogP contribution in [0.25, 0.3) is 16.9 Å². The largest absolute Gasteiger partial charge is 0.384 e. The third-order valence-corrected chi connectivity index (χ3v) is 27.9. The first-order valence-corrected chi connectivity index (χ1v) is 55.3. The first kappa shape index (κ1) is 84.7. The maximum Gasteiger partial charge on any atom is 0.157 e. The Balaban J connectivity index is 0.000000231. The van der Waals surface area contributed by atoms with Crippen LogP contribution in [0.15, 0.2) is 55.0 Å². The number of nitrogens with zero attached hydrogens (tertiary/aromatic N) is 14. The molecule has 0 spiro atoms. The Labute approximate surface area is 613 Å². The number of alkyl halides is 1. The second kappa shape index (κ2) is 38.7. The molecular formula is C72H122ClN15O8Si5. The monoisotopic (exact) mass is 1500 g/mol. The van der Waals surface area contributed by atoms with E-state index in [1.165, 1.54) is 6.04 Å². The molecule has 0 saturated heterocycles. The summed E-state index contributed by atoms with van der Waals surface area (Å²) in [6, 6.07) is 25.0. The third kappa shape index (κ3) is 27.3. The van der Waals surface area contributed by atoms with Gasteiger partial charge in [0.05, 0.1) is 36.8 Å². The Morgan fingerprint density at radius 3 is 0.950 bits per heavy atom. The number of nitrogen functional groups attached to an aromatic ring is 1. The average molecular weight is 1500 g/mol. The second-order valence-corrected chi connectivity index (χ2v) is 61.9. The first-order chi connectivity index (χ1) is 47.6. The van der Waals surface area contributed by atoms with Gasteiger partial charge in [-0.15, -0.1) is 0 Å². The maximum atomic E-state index is 9.60. The van der Waals surface area contributed by atoms with Gasteiger partial charge in [-0.1, -0.05) is 110 Å². The summed E-state index contributed by atoms with van der Waals surface area (Å²) >= 11 is 5.32. The summed E-state index contributed by atoms with van der Waals surface area (Å²) in [7, 11) is -0.687. The van der Waals surface area contributed by atoms with Crippen LogP contribution in [-0.4, -0.2) is 188 Å². The second-order valence-electron chi connectivity index (χ2n) is 33.5. The Morgan fingerprint density at radius 1 is 0.436 bits per heavy atom. The van der Waals surface area contributed by atoms with Crippen LogP contribution in [0.4, 0.5) is 17.5 Å². The lowest BCUT2D eigenvalue weighted by atomic mass is 9.78. The first-order valence-electron chi connectivity index (χ1n) is 36.3. The highest BCUT2D eigenvalue weighted by Gasteiger charge is 2.40. The molecule has 0 bridgehead atoms. The fourth-order valence-corrected chi connectivity index (χ4v) is 16.0. The fourth-order valence-electron chi connectivity index (χ4n) is 12.1. The van der Waals surface area contributed by atoms with Gasteiger partial charge in [-0.25, -0.2) is 15.0 Å². The summed E-state index contributed by atoms with van der Waals surface area (Å²) in [5.41, 5.74) is 9.51. The minimum absolute atomic E-state index is 0.280. The molecule has 6 heterocycles. The molecule has 101 heavy (non-hydrogen) atoms. The van der Waals surface area contributed by atoms with Gasteiger partial charge in [0, 0.05) is 166 Å². The maximum absolute atomic E-state index is 9.60. The molecule has 0 aliphatic heterocycles. The molecule has 23 nitrogen and oxygen atoms in total. The molecule has 0 unspecified atom stereocenters. The van der Waals surface area contributed by atoms with E-state index >= 15 is 0 Å². The van der Waals surface area contributed by atoms with Gasteiger partial charge in [-0.2, -0.15) is 44.6 Å². The van der Waals surface area contributed by atoms with Crippen molar-refractivity contribution in [3.63, 3.8) is 0 Å². The van der Waals surface area contributed by atoms with Gasteiger partial charge in [0.2, 0.25) is 0 Å². The molecule has 3 aliphatic carbocycles. The van der Waals surface area contributed by atoms with Gasteiger partial charge >= 0.3 is 0 Å². The van der Waals surface area contributed by atoms with Crippen LogP contribution in [0, 0.1) is 34.0 Å². The van der Waals surface area contributed by atoms with E-state index in [2.05, 4.69) is 159 Å². The minimum atomic E-state index is -1.17. The van der Waals surface area contributed by atoms with Gasteiger partial charge in [-0.05, 0) is 107 Å². The smallest absolute Gasteiger partial charge is 0.157 e. The van der Waals surface area contributed by atoms with Crippen molar-refractivity contribution in [1.82, 2.24) is 43.8 Å². The van der Waals surface area contributed by atoms with Crippen LogP contribution in [-0.2, 0) is 37.9 Å². The van der Waals surface area contributed by atoms with Crippen LogP contribution < -0.4 is 15.5 Å². The van der Waals surface area contributed by atoms with Crippen molar-refractivity contribution in [2.24, 2.45) is 0 Å². The molecule has 3 aliphatic rings. The Kier molecular flexibility index (Phi) is 32.5. The number of aromatic nitrogens is 9. The molecule has 3 saturated carbocycles. The number of fused-ring (bicyclic) bond motifs is 3. The van der Waals surface area contributed by atoms with Crippen LogP contribution >= 0.6 is 11.6 Å². The van der Waals surface area contributed by atoms with Crippen LogP contribution in [0.5, 0.6) is 0 Å². The number of nitriles is 3. The number of ether oxygens (including phenoxy) is 8. The number of hydrogen-bond acceptors (Lipinski definition) is 20. The number of anilines is 3. The molecule has 0 aromatic carbocycles. The van der Waals surface area contributed by atoms with E-state index in [9.17, 15) is 15.8 Å². The summed E-state index contributed by atoms with van der Waals surface area (Å²) in [6.45, 7) is 41.0. The van der Waals surface area contributed by atoms with E-state index in [0.29, 0.717) is 44.7 Å². The zero-order valence-corrected chi connectivity index (χ0v) is 70.3. The Morgan fingerprint density at radius 2 is 0.693 bits per heavy atom. The lowest BCUT2D eigenvalue weighted by Gasteiger charge is -2.34. The highest BCUT2D eigenvalue weighted by Crippen LogP contribution is 2.43. The molecule has 0 amide bonds. The molecule has 2 N–H and O–H groups in total. The average Bonchev–Trinajstić information content (AvgIpc) is 1.76. The fraction of sp³-hybridized carbons (Fsp3) is 0.708. The highest BCUT2D eigenvalue weighted by atomic mass is 35.5. The van der Waals surface area contributed by atoms with Crippen LogP contribution in [0.2, 0.25) is 128 Å². The molecule has 9 rings (SSSR count). The van der Waals surface area contributed by atoms with Gasteiger partial charge in [0.1, 0.15) is 50.4 Å². The van der Waals surface area contributed by atoms with Crippen molar-refractivity contribution >= 4 is 86.4 Å². The number of methoxy groups -OCH3 is 3. The van der Waals surface area contributed by atoms with E-state index in [1.54, 1.807) is 44.4 Å². The summed E-state index contributed by atoms with van der Waals surface area (Å²) in [5.74, 6) is 3.35. The normalized spacial score (nSPS) is 21.3. The van der Waals surface area contributed by atoms with Crippen LogP contribution in [0.1, 0.15) is 112 Å². The topological polar surface area (TPSA) is 268 Å². The number of hydrogen-bond donors (Lipinski definition) is 1. The SMILES string of the molecule is COC1(C#N)CCC(c2cc(N(COCC[Si](C)(C)C)COCC[Si](C)(C)C)n3nccc3n2)CC1.COC1(C#N)CCC(c2cc(N(COCC[Si](C)(C)C)COCC[Si](C)(C)C)n3nccc3n2)CC1.COC1(C#N)CCC(c2cc(N)n3nccc3n2)CC1.C[Si](C)(C)CCOCCl. The van der Waals surface area contributed by atoms with Crippen LogP contribution in [0.3, 0.4) is 0 Å². The number of rotatable bonds is 32. The van der Waals surface area contributed by atoms with E-state index in [4.69, 9.17) is 65.2 Å². The minimum Gasteiger partial charge on any atom is -0.384 e. The zero-order chi connectivity index (χ0) is 74.3. The zero-order valence-electron chi connectivity index (χ0n) is 64.5. The van der Waals surface area contributed by atoms with Crippen molar-refractivity contribution in [1.29, 1.82) is 15.8 Å². The van der Waals surface area contributed by atoms with Crippen molar-refractivity contribution in [3.05, 3.63) is 72.1 Å². The van der Waals surface area contributed by atoms with Crippen molar-refractivity contribution in [3.8, 4) is 18.2 Å². The number of halogens is 1. The lowest BCUT2D eigenvalue weighted by molar-refractivity contribution is 0.00395. The highest BCUT2D eigenvalue weighted by molar-refractivity contribution is 6.77. The molecule has 0 atom stereocenters. The van der Waals surface area contributed by atoms with Gasteiger partial charge in [0.15, 0.2) is 33.7 Å². The molecule has 560 valence electrons. The summed E-state index contributed by atoms with van der Waals surface area (Å²) in [5, 5.41) is 41.7. The molecule has 6 aromatic rings. The van der Waals surface area contributed by atoms with E-state index in [0.717, 1.165) is 180 Å². The number of nitrogens with two attached hydrogens (primary N) is 1. The van der Waals surface area contributed by atoms with E-state index in [1.807, 2.05) is 33.3 Å². The third-order valence-electron chi connectivity index (χ3n) is 19.2. The summed E-state index contributed by atoms with van der Waals surface area (Å²) < 4.78 is 51.6. The van der Waals surface area contributed by atoms with Gasteiger partial charge in [0.25, 0.3) is 0 Å². The molecule has 6 aromatic heterocycles. The summed E-state index contributed by atoms with van der Waals surface area (Å²) in [6.07, 6.45) is 14.9. The summed E-state index contributed by atoms with van der Waals surface area (Å²) in [4.78, 5) is 18.8. The standard InChI is InChI=1S/2C26H45N5O3Si2.C14H17N5O.C6H15ClOSi/c2*1-32-26(19-27)11-8-22(9-12-26)23-18-25(31-24(29-23)10-13-28-31)30(20-33-14-16-35(2,3)4)21-34-15-17-36(5,6)7;1-20-14(9-15)5-2-10(3-6-14)11-8-12(16)19-13(18-11)4-7-17-19;1-9(2,3)5-4-8-6-7/h2*10,13,18,22H,8-9,11-12,14-17,20-21H2,1-7H3;4,7-8,10H,2-3,5-6,16H2,1H3;4-6H2,1-3H3. The lowest BCUT2D eigenvalue weighted by Crippen LogP contribution is -2.35. The molecular weight excluding hydrogens is 1380 g/mol. The van der Waals surface area contributed by atoms with Crippen molar-refractivity contribution < 1.29 is 37.9 Å². The van der Waals surface area contributed by atoms with Gasteiger partial charge in [-0.3, -0.25) is 0 Å². The Bertz CT molecular complexity index is 3390. The molecule has 3 fully saturated rings. The Hall–Kier alpha value is -5.22. The molecule has 29 heteroatoms. The van der Waals surface area contributed by atoms with Crippen molar-refractivity contribution in [2.75, 3.05) is 103 Å². The van der Waals surface area contributed by atoms with E-state index < -0.39 is 57.2 Å². The predicted molar refractivity (Wildman–Crippen MR) is 419 cm³/mol.